The Kier molecular flexibility index (Phi) is 9.37. The minimum Gasteiger partial charge on any atom is -0.444 e. The van der Waals surface area contributed by atoms with Crippen LogP contribution in [0.3, 0.4) is 0 Å². The van der Waals surface area contributed by atoms with Gasteiger partial charge in [-0.05, 0) is 32.5 Å². The van der Waals surface area contributed by atoms with Gasteiger partial charge < -0.3 is 24.7 Å². The van der Waals surface area contributed by atoms with Gasteiger partial charge in [0.1, 0.15) is 12.0 Å². The minimum atomic E-state index is 0.468. The van der Waals surface area contributed by atoms with Crippen molar-refractivity contribution in [3.05, 3.63) is 42.3 Å². The van der Waals surface area contributed by atoms with Crippen molar-refractivity contribution in [3.8, 4) is 11.5 Å². The first kappa shape index (κ1) is 20.9. The minimum absolute atomic E-state index is 0.468. The van der Waals surface area contributed by atoms with Crippen LogP contribution in [0, 0.1) is 0 Å². The van der Waals surface area contributed by atoms with Crippen molar-refractivity contribution >= 4 is 5.96 Å². The number of hydrogen-bond donors (Lipinski definition) is 2. The molecule has 1 aromatic carbocycles. The van der Waals surface area contributed by atoms with Crippen molar-refractivity contribution in [1.29, 1.82) is 0 Å². The van der Waals surface area contributed by atoms with E-state index in [9.17, 15) is 0 Å². The lowest BCUT2D eigenvalue weighted by molar-refractivity contribution is 0.180. The third-order valence-electron chi connectivity index (χ3n) is 3.99. The smallest absolute Gasteiger partial charge is 0.226 e. The molecule has 0 radical (unpaired) electrons. The number of aromatic nitrogens is 1. The average molecular weight is 374 g/mol. The van der Waals surface area contributed by atoms with Crippen LogP contribution in [-0.2, 0) is 11.3 Å². The molecule has 0 saturated heterocycles. The number of methoxy groups -OCH3 is 1. The lowest BCUT2D eigenvalue weighted by Crippen LogP contribution is -2.41. The van der Waals surface area contributed by atoms with E-state index in [2.05, 4.69) is 39.5 Å². The molecule has 7 nitrogen and oxygen atoms in total. The second-order valence-electron chi connectivity index (χ2n) is 6.28. The van der Waals surface area contributed by atoms with Crippen molar-refractivity contribution in [2.75, 3.05) is 46.9 Å². The molecule has 0 bridgehead atoms. The van der Waals surface area contributed by atoms with Crippen LogP contribution in [-0.4, -0.2) is 62.8 Å². The van der Waals surface area contributed by atoms with Gasteiger partial charge in [-0.3, -0.25) is 0 Å². The number of likely N-dealkylation sites (N-methyl/N-ethyl adjacent to an activating group) is 1. The molecule has 0 aliphatic carbocycles. The Balaban J connectivity index is 1.82. The predicted octanol–water partition coefficient (Wildman–Crippen LogP) is 2.37. The molecule has 148 valence electrons. The SMILES string of the molecule is CCNC(=NCc1coc(-c2ccccc2)n1)NCCN(C)CCCOC. The van der Waals surface area contributed by atoms with Gasteiger partial charge in [0.2, 0.25) is 5.89 Å². The summed E-state index contributed by atoms with van der Waals surface area (Å²) in [5.74, 6) is 1.41. The first-order valence-corrected chi connectivity index (χ1v) is 9.42. The molecular formula is C20H31N5O2. The van der Waals surface area contributed by atoms with E-state index >= 15 is 0 Å². The van der Waals surface area contributed by atoms with Crippen LogP contribution in [0.5, 0.6) is 0 Å². The number of ether oxygens (including phenoxy) is 1. The van der Waals surface area contributed by atoms with Crippen LogP contribution in [0.25, 0.3) is 11.5 Å². The van der Waals surface area contributed by atoms with Gasteiger partial charge in [0.25, 0.3) is 0 Å². The first-order valence-electron chi connectivity index (χ1n) is 9.42. The number of nitrogens with zero attached hydrogens (tertiary/aromatic N) is 3. The van der Waals surface area contributed by atoms with E-state index in [-0.39, 0.29) is 0 Å². The fourth-order valence-electron chi connectivity index (χ4n) is 2.55. The summed E-state index contributed by atoms with van der Waals surface area (Å²) < 4.78 is 10.7. The Labute approximate surface area is 161 Å². The summed E-state index contributed by atoms with van der Waals surface area (Å²) in [7, 11) is 3.85. The molecule has 0 atom stereocenters. The number of oxazole rings is 1. The van der Waals surface area contributed by atoms with Crippen molar-refractivity contribution in [2.24, 2.45) is 4.99 Å². The largest absolute Gasteiger partial charge is 0.444 e. The van der Waals surface area contributed by atoms with Crippen molar-refractivity contribution < 1.29 is 9.15 Å². The molecule has 0 unspecified atom stereocenters. The molecule has 1 heterocycles. The Morgan fingerprint density at radius 3 is 2.78 bits per heavy atom. The monoisotopic (exact) mass is 373 g/mol. The number of rotatable bonds is 11. The zero-order valence-electron chi connectivity index (χ0n) is 16.6. The molecular weight excluding hydrogens is 342 g/mol. The molecule has 0 saturated carbocycles. The van der Waals surface area contributed by atoms with Gasteiger partial charge in [0.15, 0.2) is 5.96 Å². The molecule has 1 aromatic heterocycles. The zero-order chi connectivity index (χ0) is 19.3. The van der Waals surface area contributed by atoms with Gasteiger partial charge in [0.05, 0.1) is 6.54 Å². The Morgan fingerprint density at radius 2 is 2.04 bits per heavy atom. The summed E-state index contributed by atoms with van der Waals surface area (Å²) in [5, 5.41) is 6.62. The summed E-state index contributed by atoms with van der Waals surface area (Å²) in [6.45, 7) is 6.91. The summed E-state index contributed by atoms with van der Waals surface area (Å²) in [4.78, 5) is 11.4. The topological polar surface area (TPSA) is 74.9 Å². The highest BCUT2D eigenvalue weighted by Gasteiger charge is 2.06. The molecule has 0 aliphatic rings. The van der Waals surface area contributed by atoms with Crippen LogP contribution in [0.1, 0.15) is 19.0 Å². The van der Waals surface area contributed by atoms with Crippen molar-refractivity contribution in [2.45, 2.75) is 19.9 Å². The fraction of sp³-hybridized carbons (Fsp3) is 0.500. The lowest BCUT2D eigenvalue weighted by atomic mass is 10.2. The Bertz CT molecular complexity index is 672. The highest BCUT2D eigenvalue weighted by Crippen LogP contribution is 2.18. The zero-order valence-corrected chi connectivity index (χ0v) is 16.6. The highest BCUT2D eigenvalue weighted by molar-refractivity contribution is 5.79. The standard InChI is InChI=1S/C20H31N5O2/c1-4-21-20(22-11-13-25(2)12-8-14-26-3)23-15-18-16-27-19(24-18)17-9-6-5-7-10-17/h5-7,9-10,16H,4,8,11-15H2,1-3H3,(H2,21,22,23). The number of hydrogen-bond acceptors (Lipinski definition) is 5. The second-order valence-corrected chi connectivity index (χ2v) is 6.28. The van der Waals surface area contributed by atoms with E-state index < -0.39 is 0 Å². The average Bonchev–Trinajstić information content (AvgIpc) is 3.16. The van der Waals surface area contributed by atoms with E-state index in [4.69, 9.17) is 9.15 Å². The summed E-state index contributed by atoms with van der Waals surface area (Å²) in [5.41, 5.74) is 1.78. The predicted molar refractivity (Wildman–Crippen MR) is 109 cm³/mol. The molecule has 2 aromatic rings. The van der Waals surface area contributed by atoms with Gasteiger partial charge in [-0.2, -0.15) is 0 Å². The Hall–Kier alpha value is -2.38. The van der Waals surface area contributed by atoms with Gasteiger partial charge in [-0.25, -0.2) is 9.98 Å². The maximum atomic E-state index is 5.56. The van der Waals surface area contributed by atoms with E-state index in [0.29, 0.717) is 12.4 Å². The molecule has 2 rings (SSSR count). The number of benzene rings is 1. The maximum Gasteiger partial charge on any atom is 0.226 e. The normalized spacial score (nSPS) is 11.8. The van der Waals surface area contributed by atoms with Crippen molar-refractivity contribution in [3.63, 3.8) is 0 Å². The summed E-state index contributed by atoms with van der Waals surface area (Å²) >= 11 is 0. The molecule has 0 spiro atoms. The van der Waals surface area contributed by atoms with Crippen LogP contribution in [0.2, 0.25) is 0 Å². The van der Waals surface area contributed by atoms with Gasteiger partial charge in [-0.15, -0.1) is 0 Å². The Morgan fingerprint density at radius 1 is 1.22 bits per heavy atom. The fourth-order valence-corrected chi connectivity index (χ4v) is 2.55. The van der Waals surface area contributed by atoms with Crippen molar-refractivity contribution in [1.82, 2.24) is 20.5 Å². The first-order chi connectivity index (χ1) is 13.2. The number of aliphatic imine (C=N–C) groups is 1. The maximum absolute atomic E-state index is 5.56. The van der Waals surface area contributed by atoms with E-state index in [1.54, 1.807) is 13.4 Å². The van der Waals surface area contributed by atoms with Gasteiger partial charge in [0, 0.05) is 45.5 Å². The summed E-state index contributed by atoms with van der Waals surface area (Å²) in [6, 6.07) is 9.87. The second kappa shape index (κ2) is 12.1. The molecule has 0 amide bonds. The molecule has 7 heteroatoms. The van der Waals surface area contributed by atoms with Crippen LogP contribution >= 0.6 is 0 Å². The third-order valence-corrected chi connectivity index (χ3v) is 3.99. The lowest BCUT2D eigenvalue weighted by Gasteiger charge is -2.18. The van der Waals surface area contributed by atoms with Crippen LogP contribution in [0.15, 0.2) is 46.0 Å². The van der Waals surface area contributed by atoms with E-state index in [0.717, 1.165) is 56.4 Å². The molecule has 2 N–H and O–H groups in total. The quantitative estimate of drug-likeness (QED) is 0.358. The molecule has 0 aliphatic heterocycles. The van der Waals surface area contributed by atoms with Gasteiger partial charge in [-0.1, -0.05) is 18.2 Å². The number of nitrogens with one attached hydrogen (secondary N) is 2. The summed E-state index contributed by atoms with van der Waals surface area (Å²) in [6.07, 6.45) is 2.70. The van der Waals surface area contributed by atoms with Crippen LogP contribution in [0.4, 0.5) is 0 Å². The van der Waals surface area contributed by atoms with E-state index in [1.165, 1.54) is 0 Å². The van der Waals surface area contributed by atoms with Gasteiger partial charge >= 0.3 is 0 Å². The third kappa shape index (κ3) is 7.80. The van der Waals surface area contributed by atoms with Crippen LogP contribution < -0.4 is 10.6 Å². The highest BCUT2D eigenvalue weighted by atomic mass is 16.5. The number of guanidine groups is 1. The van der Waals surface area contributed by atoms with E-state index in [1.807, 2.05) is 30.3 Å². The molecule has 27 heavy (non-hydrogen) atoms. The molecule has 0 fully saturated rings.